The van der Waals surface area contributed by atoms with Gasteiger partial charge in [0.25, 0.3) is 0 Å². The Bertz CT molecular complexity index is 384. The van der Waals surface area contributed by atoms with Gasteiger partial charge in [0.1, 0.15) is 5.75 Å². The fourth-order valence-electron chi connectivity index (χ4n) is 1.16. The van der Waals surface area contributed by atoms with Crippen LogP contribution in [0.5, 0.6) is 5.75 Å². The molecule has 1 aromatic carbocycles. The van der Waals surface area contributed by atoms with Crippen LogP contribution in [0, 0.1) is 0 Å². The van der Waals surface area contributed by atoms with Crippen LogP contribution in [0.1, 0.15) is 12.5 Å². The van der Waals surface area contributed by atoms with E-state index >= 15 is 0 Å². The van der Waals surface area contributed by atoms with Crippen molar-refractivity contribution in [2.75, 3.05) is 7.11 Å². The van der Waals surface area contributed by atoms with E-state index in [0.717, 1.165) is 11.3 Å². The number of amides is 1. The Hall–Kier alpha value is -0.870. The van der Waals surface area contributed by atoms with Gasteiger partial charge < -0.3 is 10.5 Å². The van der Waals surface area contributed by atoms with Crippen LogP contribution in [0.2, 0.25) is 5.02 Å². The molecule has 0 aromatic heterocycles. The van der Waals surface area contributed by atoms with Crippen LogP contribution in [-0.2, 0) is 10.5 Å². The largest absolute Gasteiger partial charge is 0.496 e. The van der Waals surface area contributed by atoms with Crippen LogP contribution in [0.3, 0.4) is 0 Å². The second-order valence-corrected chi connectivity index (χ2v) is 5.08. The first kappa shape index (κ1) is 13.2. The summed E-state index contributed by atoms with van der Waals surface area (Å²) in [5.41, 5.74) is 6.15. The lowest BCUT2D eigenvalue weighted by Gasteiger charge is -2.10. The monoisotopic (exact) mass is 259 g/mol. The molecule has 1 aromatic rings. The number of thioether (sulfide) groups is 1. The van der Waals surface area contributed by atoms with Gasteiger partial charge in [-0.15, -0.1) is 11.8 Å². The van der Waals surface area contributed by atoms with E-state index in [1.54, 1.807) is 20.1 Å². The number of nitrogens with two attached hydrogens (primary N) is 1. The van der Waals surface area contributed by atoms with E-state index in [1.807, 2.05) is 12.1 Å². The van der Waals surface area contributed by atoms with Crippen molar-refractivity contribution in [3.8, 4) is 5.75 Å². The Morgan fingerprint density at radius 3 is 2.88 bits per heavy atom. The highest BCUT2D eigenvalue weighted by molar-refractivity contribution is 7.99. The zero-order chi connectivity index (χ0) is 12.1. The molecule has 16 heavy (non-hydrogen) atoms. The molecule has 2 N–H and O–H groups in total. The molecule has 0 radical (unpaired) electrons. The van der Waals surface area contributed by atoms with Gasteiger partial charge in [-0.25, -0.2) is 0 Å². The molecule has 0 fully saturated rings. The molecule has 3 nitrogen and oxygen atoms in total. The number of halogens is 1. The van der Waals surface area contributed by atoms with E-state index in [2.05, 4.69) is 0 Å². The van der Waals surface area contributed by atoms with Crippen molar-refractivity contribution in [1.82, 2.24) is 0 Å². The molecule has 0 bridgehead atoms. The van der Waals surface area contributed by atoms with Crippen LogP contribution in [0.25, 0.3) is 0 Å². The van der Waals surface area contributed by atoms with Gasteiger partial charge in [0.15, 0.2) is 0 Å². The summed E-state index contributed by atoms with van der Waals surface area (Å²) in [6.07, 6.45) is 0. The van der Waals surface area contributed by atoms with Crippen molar-refractivity contribution in [3.63, 3.8) is 0 Å². The SMILES string of the molecule is COc1ccc(Cl)cc1CSC(C)C(N)=O. The third kappa shape index (κ3) is 3.61. The second-order valence-electron chi connectivity index (χ2n) is 3.31. The lowest BCUT2D eigenvalue weighted by atomic mass is 10.2. The Balaban J connectivity index is 2.72. The first-order valence-corrected chi connectivity index (χ1v) is 6.20. The molecule has 0 saturated carbocycles. The average molecular weight is 260 g/mol. The highest BCUT2D eigenvalue weighted by atomic mass is 35.5. The molecular weight excluding hydrogens is 246 g/mol. The lowest BCUT2D eigenvalue weighted by Crippen LogP contribution is -2.22. The van der Waals surface area contributed by atoms with Gasteiger partial charge in [0, 0.05) is 16.3 Å². The third-order valence-electron chi connectivity index (χ3n) is 2.13. The normalized spacial score (nSPS) is 12.2. The lowest BCUT2D eigenvalue weighted by molar-refractivity contribution is -0.117. The van der Waals surface area contributed by atoms with E-state index in [0.29, 0.717) is 10.8 Å². The third-order valence-corrected chi connectivity index (χ3v) is 3.58. The molecule has 0 saturated heterocycles. The maximum atomic E-state index is 10.9. The average Bonchev–Trinajstić information content (AvgIpc) is 2.25. The molecule has 1 amide bonds. The summed E-state index contributed by atoms with van der Waals surface area (Å²) in [5, 5.41) is 0.437. The molecule has 1 unspecified atom stereocenters. The van der Waals surface area contributed by atoms with Gasteiger partial charge in [-0.3, -0.25) is 4.79 Å². The van der Waals surface area contributed by atoms with Gasteiger partial charge in [0.2, 0.25) is 5.91 Å². The van der Waals surface area contributed by atoms with E-state index in [9.17, 15) is 4.79 Å². The van der Waals surface area contributed by atoms with E-state index < -0.39 is 0 Å². The molecule has 0 heterocycles. The first-order valence-electron chi connectivity index (χ1n) is 4.78. The standard InChI is InChI=1S/C11H14ClNO2S/c1-7(11(13)14)16-6-8-5-9(12)3-4-10(8)15-2/h3-5,7H,6H2,1-2H3,(H2,13,14). The summed E-state index contributed by atoms with van der Waals surface area (Å²) in [6.45, 7) is 1.78. The Kier molecular flexibility index (Phi) is 4.96. The topological polar surface area (TPSA) is 52.3 Å². The van der Waals surface area contributed by atoms with Crippen LogP contribution < -0.4 is 10.5 Å². The van der Waals surface area contributed by atoms with Gasteiger partial charge in [-0.05, 0) is 25.1 Å². The van der Waals surface area contributed by atoms with E-state index in [4.69, 9.17) is 22.1 Å². The van der Waals surface area contributed by atoms with Crippen molar-refractivity contribution in [1.29, 1.82) is 0 Å². The maximum Gasteiger partial charge on any atom is 0.230 e. The zero-order valence-electron chi connectivity index (χ0n) is 9.20. The maximum absolute atomic E-state index is 10.9. The number of benzene rings is 1. The van der Waals surface area contributed by atoms with E-state index in [1.165, 1.54) is 11.8 Å². The summed E-state index contributed by atoms with van der Waals surface area (Å²) < 4.78 is 5.20. The number of rotatable bonds is 5. The summed E-state index contributed by atoms with van der Waals surface area (Å²) in [5.74, 6) is 1.10. The first-order chi connectivity index (χ1) is 7.54. The molecule has 88 valence electrons. The predicted octanol–water partition coefficient (Wildman–Crippen LogP) is 2.46. The molecular formula is C11H14ClNO2S. The number of hydrogen-bond donors (Lipinski definition) is 1. The van der Waals surface area contributed by atoms with Crippen molar-refractivity contribution >= 4 is 29.3 Å². The van der Waals surface area contributed by atoms with Crippen molar-refractivity contribution < 1.29 is 9.53 Å². The van der Waals surface area contributed by atoms with E-state index in [-0.39, 0.29) is 11.2 Å². The fraction of sp³-hybridized carbons (Fsp3) is 0.364. The van der Waals surface area contributed by atoms with Crippen LogP contribution in [0.15, 0.2) is 18.2 Å². The summed E-state index contributed by atoms with van der Waals surface area (Å²) >= 11 is 7.36. The fourth-order valence-corrected chi connectivity index (χ4v) is 2.17. The van der Waals surface area contributed by atoms with Crippen molar-refractivity contribution in [2.45, 2.75) is 17.9 Å². The second kappa shape index (κ2) is 6.01. The van der Waals surface area contributed by atoms with Gasteiger partial charge in [-0.1, -0.05) is 11.6 Å². The predicted molar refractivity (Wildman–Crippen MR) is 68.0 cm³/mol. The van der Waals surface area contributed by atoms with Crippen LogP contribution >= 0.6 is 23.4 Å². The van der Waals surface area contributed by atoms with Gasteiger partial charge in [-0.2, -0.15) is 0 Å². The molecule has 0 spiro atoms. The molecule has 0 aliphatic heterocycles. The number of ether oxygens (including phenoxy) is 1. The summed E-state index contributed by atoms with van der Waals surface area (Å²) in [7, 11) is 1.61. The summed E-state index contributed by atoms with van der Waals surface area (Å²) in [4.78, 5) is 10.9. The molecule has 0 aliphatic rings. The molecule has 1 atom stereocenters. The Labute approximate surface area is 104 Å². The molecule has 5 heteroatoms. The number of carbonyl (C=O) groups excluding carboxylic acids is 1. The highest BCUT2D eigenvalue weighted by Gasteiger charge is 2.11. The van der Waals surface area contributed by atoms with Gasteiger partial charge >= 0.3 is 0 Å². The molecule has 0 aliphatic carbocycles. The van der Waals surface area contributed by atoms with Crippen LogP contribution in [0.4, 0.5) is 0 Å². The molecule has 1 rings (SSSR count). The van der Waals surface area contributed by atoms with Gasteiger partial charge in [0.05, 0.1) is 12.4 Å². The minimum Gasteiger partial charge on any atom is -0.496 e. The number of methoxy groups -OCH3 is 1. The quantitative estimate of drug-likeness (QED) is 0.884. The summed E-state index contributed by atoms with van der Waals surface area (Å²) in [6, 6.07) is 5.42. The number of carbonyl (C=O) groups is 1. The van der Waals surface area contributed by atoms with Crippen molar-refractivity contribution in [3.05, 3.63) is 28.8 Å². The Morgan fingerprint density at radius 2 is 2.31 bits per heavy atom. The smallest absolute Gasteiger partial charge is 0.230 e. The van der Waals surface area contributed by atoms with Crippen molar-refractivity contribution in [2.24, 2.45) is 5.73 Å². The van der Waals surface area contributed by atoms with Crippen LogP contribution in [-0.4, -0.2) is 18.3 Å². The number of hydrogen-bond acceptors (Lipinski definition) is 3. The minimum atomic E-state index is -0.314. The highest BCUT2D eigenvalue weighted by Crippen LogP contribution is 2.27. The number of primary amides is 1. The zero-order valence-corrected chi connectivity index (χ0v) is 10.8. The Morgan fingerprint density at radius 1 is 1.62 bits per heavy atom. The minimum absolute atomic E-state index is 0.219.